The zero-order valence-electron chi connectivity index (χ0n) is 16.6. The Morgan fingerprint density at radius 1 is 1.17 bits per heavy atom. The van der Waals surface area contributed by atoms with Crippen molar-refractivity contribution >= 4 is 23.1 Å². The van der Waals surface area contributed by atoms with Gasteiger partial charge < -0.3 is 25.5 Å². The molecule has 0 saturated heterocycles. The van der Waals surface area contributed by atoms with E-state index in [-0.39, 0.29) is 16.9 Å². The average Bonchev–Trinajstić information content (AvgIpc) is 2.66. The zero-order valence-corrected chi connectivity index (χ0v) is 16.6. The first kappa shape index (κ1) is 20.3. The molecular weight excluding hydrogens is 392 g/mol. The summed E-state index contributed by atoms with van der Waals surface area (Å²) in [4.78, 5) is 37.7. The van der Waals surface area contributed by atoms with Crippen LogP contribution >= 0.6 is 0 Å². The van der Waals surface area contributed by atoms with Crippen molar-refractivity contribution in [3.63, 3.8) is 0 Å². The van der Waals surface area contributed by atoms with E-state index in [0.29, 0.717) is 5.56 Å². The monoisotopic (exact) mass is 414 g/mol. The Bertz CT molecular complexity index is 1090. The summed E-state index contributed by atoms with van der Waals surface area (Å²) in [6.07, 6.45) is -1.99. The van der Waals surface area contributed by atoms with Gasteiger partial charge in [0.05, 0.1) is 11.7 Å². The molecule has 3 aliphatic rings. The van der Waals surface area contributed by atoms with Gasteiger partial charge in [-0.05, 0) is 37.0 Å². The van der Waals surface area contributed by atoms with Crippen molar-refractivity contribution in [2.24, 2.45) is 11.8 Å². The molecule has 0 heterocycles. The third-order valence-electron chi connectivity index (χ3n) is 6.80. The Morgan fingerprint density at radius 3 is 2.40 bits per heavy atom. The Morgan fingerprint density at radius 2 is 1.80 bits per heavy atom. The van der Waals surface area contributed by atoms with Crippen LogP contribution in [0, 0.1) is 18.8 Å². The predicted molar refractivity (Wildman–Crippen MR) is 104 cm³/mol. The molecule has 0 bridgehead atoms. The zero-order chi connectivity index (χ0) is 22.3. The van der Waals surface area contributed by atoms with Gasteiger partial charge in [0.1, 0.15) is 22.8 Å². The van der Waals surface area contributed by atoms with Crippen molar-refractivity contribution in [2.75, 3.05) is 0 Å². The topological polar surface area (TPSA) is 152 Å². The van der Waals surface area contributed by atoms with E-state index in [9.17, 15) is 39.9 Å². The lowest BCUT2D eigenvalue weighted by Crippen LogP contribution is -2.63. The van der Waals surface area contributed by atoms with Crippen molar-refractivity contribution in [2.45, 2.75) is 44.8 Å². The molecule has 1 aromatic rings. The van der Waals surface area contributed by atoms with Crippen LogP contribution in [0.15, 0.2) is 29.0 Å². The highest BCUT2D eigenvalue weighted by Crippen LogP contribution is 2.56. The third kappa shape index (κ3) is 2.26. The predicted octanol–water partition coefficient (Wildman–Crippen LogP) is 1.37. The molecule has 4 rings (SSSR count). The second-order valence-corrected chi connectivity index (χ2v) is 8.37. The average molecular weight is 414 g/mol. The fourth-order valence-electron chi connectivity index (χ4n) is 5.41. The van der Waals surface area contributed by atoms with Crippen LogP contribution in [0.4, 0.5) is 0 Å². The van der Waals surface area contributed by atoms with Crippen molar-refractivity contribution in [1.82, 2.24) is 0 Å². The first-order chi connectivity index (χ1) is 13.9. The van der Waals surface area contributed by atoms with Crippen molar-refractivity contribution in [3.8, 4) is 5.75 Å². The lowest BCUT2D eigenvalue weighted by atomic mass is 9.55. The Hall–Kier alpha value is -2.97. The number of hydrogen-bond acceptors (Lipinski definition) is 8. The minimum absolute atomic E-state index is 0.0264. The van der Waals surface area contributed by atoms with Crippen LogP contribution in [0.5, 0.6) is 5.75 Å². The molecule has 0 aromatic heterocycles. The number of aryl methyl sites for hydroxylation is 1. The Kier molecular flexibility index (Phi) is 4.24. The lowest BCUT2D eigenvalue weighted by molar-refractivity contribution is -0.160. The highest BCUT2D eigenvalue weighted by Gasteiger charge is 2.64. The van der Waals surface area contributed by atoms with E-state index in [4.69, 9.17) is 0 Å². The number of Topliss-reactive ketones (excluding diaryl/α,β-unsaturated/α-hetero) is 3. The minimum Gasteiger partial charge on any atom is -0.508 e. The molecule has 5 atom stereocenters. The van der Waals surface area contributed by atoms with Gasteiger partial charge in [0, 0.05) is 23.8 Å². The standard InChI is InChI=1S/C22H22O8/c1-7-4-5-11(24)16-13(7)8(2)14-17(19(16)27)21(29)22(30)10(18(14)26)6-12(25)15(9(3)23)20(22)28/h4-5,8,10,14,18,24,26-28,30H,6H2,1-3H3/t8-,10+,14+,18+,22+/m0/s1. The summed E-state index contributed by atoms with van der Waals surface area (Å²) in [7, 11) is 0. The minimum atomic E-state index is -2.73. The number of phenols is 1. The maximum Gasteiger partial charge on any atom is 0.202 e. The third-order valence-corrected chi connectivity index (χ3v) is 6.80. The molecule has 8 nitrogen and oxygen atoms in total. The normalized spacial score (nSPS) is 33.2. The van der Waals surface area contributed by atoms with E-state index >= 15 is 0 Å². The smallest absolute Gasteiger partial charge is 0.202 e. The van der Waals surface area contributed by atoms with Gasteiger partial charge in [0.25, 0.3) is 0 Å². The van der Waals surface area contributed by atoms with E-state index in [0.717, 1.165) is 12.5 Å². The highest BCUT2D eigenvalue weighted by atomic mass is 16.4. The number of benzene rings is 1. The van der Waals surface area contributed by atoms with Crippen LogP contribution in [0.3, 0.4) is 0 Å². The molecular formula is C22H22O8. The van der Waals surface area contributed by atoms with Crippen LogP contribution in [-0.4, -0.2) is 54.6 Å². The summed E-state index contributed by atoms with van der Waals surface area (Å²) in [5.41, 5.74) is -2.46. The molecule has 30 heavy (non-hydrogen) atoms. The van der Waals surface area contributed by atoms with Gasteiger partial charge in [0.15, 0.2) is 17.2 Å². The van der Waals surface area contributed by atoms with Crippen molar-refractivity contribution < 1.29 is 39.9 Å². The number of carbonyl (C=O) groups is 3. The molecule has 158 valence electrons. The summed E-state index contributed by atoms with van der Waals surface area (Å²) in [6.45, 7) is 4.50. The highest BCUT2D eigenvalue weighted by molar-refractivity contribution is 6.23. The van der Waals surface area contributed by atoms with E-state index in [1.165, 1.54) is 6.07 Å². The fraction of sp³-hybridized carbons (Fsp3) is 0.409. The quantitative estimate of drug-likeness (QED) is 0.432. The summed E-state index contributed by atoms with van der Waals surface area (Å²) in [5.74, 6) is -7.56. The maximum absolute atomic E-state index is 13.4. The lowest BCUT2D eigenvalue weighted by Gasteiger charge is -2.50. The molecule has 0 radical (unpaired) electrons. The molecule has 5 N–H and O–H groups in total. The van der Waals surface area contributed by atoms with Crippen LogP contribution in [-0.2, 0) is 14.4 Å². The second-order valence-electron chi connectivity index (χ2n) is 8.37. The fourth-order valence-corrected chi connectivity index (χ4v) is 5.41. The molecule has 8 heteroatoms. The van der Waals surface area contributed by atoms with Gasteiger partial charge in [-0.25, -0.2) is 0 Å². The first-order valence-electron chi connectivity index (χ1n) is 9.63. The Balaban J connectivity index is 2.04. The van der Waals surface area contributed by atoms with E-state index < -0.39 is 70.3 Å². The summed E-state index contributed by atoms with van der Waals surface area (Å²) < 4.78 is 0. The van der Waals surface area contributed by atoms with Gasteiger partial charge in [-0.3, -0.25) is 14.4 Å². The van der Waals surface area contributed by atoms with E-state index in [1.54, 1.807) is 19.9 Å². The van der Waals surface area contributed by atoms with Gasteiger partial charge in [-0.15, -0.1) is 0 Å². The summed E-state index contributed by atoms with van der Waals surface area (Å²) >= 11 is 0. The molecule has 0 aliphatic heterocycles. The van der Waals surface area contributed by atoms with Crippen LogP contribution in [0.1, 0.15) is 42.9 Å². The van der Waals surface area contributed by atoms with Gasteiger partial charge in [-0.1, -0.05) is 13.0 Å². The number of ketones is 3. The summed E-state index contributed by atoms with van der Waals surface area (Å²) in [6, 6.07) is 3.01. The molecule has 1 saturated carbocycles. The van der Waals surface area contributed by atoms with Gasteiger partial charge in [-0.2, -0.15) is 0 Å². The number of aliphatic hydroxyl groups excluding tert-OH is 3. The largest absolute Gasteiger partial charge is 0.508 e. The molecule has 0 unspecified atom stereocenters. The number of aromatic hydroxyl groups is 1. The number of aliphatic hydroxyl groups is 4. The summed E-state index contributed by atoms with van der Waals surface area (Å²) in [5, 5.41) is 54.2. The molecule has 3 aliphatic carbocycles. The SMILES string of the molecule is CC(=O)C1=C(O)[C@@]2(O)C(=O)C3=C(O)c4c(O)ccc(C)c4[C@H](C)[C@H]3[C@H](O)[C@H]2CC1=O. The van der Waals surface area contributed by atoms with E-state index in [1.807, 2.05) is 0 Å². The van der Waals surface area contributed by atoms with Crippen molar-refractivity contribution in [3.05, 3.63) is 45.7 Å². The van der Waals surface area contributed by atoms with Gasteiger partial charge in [0.2, 0.25) is 5.78 Å². The molecule has 1 fully saturated rings. The number of carbonyl (C=O) groups excluding carboxylic acids is 3. The van der Waals surface area contributed by atoms with Gasteiger partial charge >= 0.3 is 0 Å². The van der Waals surface area contributed by atoms with Crippen LogP contribution in [0.2, 0.25) is 0 Å². The van der Waals surface area contributed by atoms with Crippen molar-refractivity contribution in [1.29, 1.82) is 0 Å². The van der Waals surface area contributed by atoms with Crippen LogP contribution < -0.4 is 0 Å². The van der Waals surface area contributed by atoms with E-state index in [2.05, 4.69) is 0 Å². The number of fused-ring (bicyclic) bond motifs is 3. The number of hydrogen-bond donors (Lipinski definition) is 5. The molecule has 0 spiro atoms. The Labute approximate surface area is 171 Å². The molecule has 1 aromatic carbocycles. The second kappa shape index (κ2) is 6.26. The van der Waals surface area contributed by atoms with Crippen LogP contribution in [0.25, 0.3) is 5.76 Å². The number of rotatable bonds is 1. The maximum atomic E-state index is 13.4. The number of phenolic OH excluding ortho intramolecular Hbond substituents is 1. The first-order valence-corrected chi connectivity index (χ1v) is 9.63. The molecule has 0 amide bonds. The number of allylic oxidation sites excluding steroid dienone is 1.